The van der Waals surface area contributed by atoms with E-state index in [-0.39, 0.29) is 18.3 Å². The van der Waals surface area contributed by atoms with Crippen LogP contribution in [0, 0.1) is 13.8 Å². The van der Waals surface area contributed by atoms with E-state index in [4.69, 9.17) is 10.1 Å². The van der Waals surface area contributed by atoms with Crippen molar-refractivity contribution in [3.63, 3.8) is 0 Å². The number of rotatable bonds is 4. The van der Waals surface area contributed by atoms with Gasteiger partial charge in [0.2, 0.25) is 5.95 Å². The van der Waals surface area contributed by atoms with Gasteiger partial charge in [-0.15, -0.1) is 0 Å². The van der Waals surface area contributed by atoms with Gasteiger partial charge < -0.3 is 10.0 Å². The van der Waals surface area contributed by atoms with Gasteiger partial charge in [-0.2, -0.15) is 0 Å². The van der Waals surface area contributed by atoms with Crippen molar-refractivity contribution < 1.29 is 9.90 Å². The molecule has 1 aromatic carbocycles. The van der Waals surface area contributed by atoms with Gasteiger partial charge in [-0.3, -0.25) is 9.69 Å². The van der Waals surface area contributed by atoms with E-state index < -0.39 is 0 Å². The third kappa shape index (κ3) is 3.66. The van der Waals surface area contributed by atoms with Crippen LogP contribution in [0.3, 0.4) is 0 Å². The van der Waals surface area contributed by atoms with Crippen molar-refractivity contribution in [2.45, 2.75) is 32.6 Å². The normalized spacial score (nSPS) is 20.3. The van der Waals surface area contributed by atoms with Gasteiger partial charge in [-0.05, 0) is 37.3 Å². The van der Waals surface area contributed by atoms with Crippen molar-refractivity contribution in [2.75, 3.05) is 44.2 Å². The summed E-state index contributed by atoms with van der Waals surface area (Å²) in [5, 5.41) is 9.12. The van der Waals surface area contributed by atoms with Crippen LogP contribution < -0.4 is 4.90 Å². The number of aryl methyl sites for hydroxylation is 2. The summed E-state index contributed by atoms with van der Waals surface area (Å²) in [6.45, 7) is 8.41. The van der Waals surface area contributed by atoms with Gasteiger partial charge in [-0.1, -0.05) is 24.3 Å². The van der Waals surface area contributed by atoms with Crippen molar-refractivity contribution in [3.05, 3.63) is 52.3 Å². The topological polar surface area (TPSA) is 69.6 Å². The molecule has 6 heteroatoms. The summed E-state index contributed by atoms with van der Waals surface area (Å²) in [6.07, 6.45) is 1.31. The number of nitrogens with zero attached hydrogens (tertiary/aromatic N) is 4. The highest BCUT2D eigenvalue weighted by Gasteiger charge is 2.31. The zero-order valence-electron chi connectivity index (χ0n) is 16.7. The fourth-order valence-corrected chi connectivity index (χ4v) is 4.48. The molecular weight excluding hydrogens is 352 g/mol. The van der Waals surface area contributed by atoms with E-state index in [1.165, 1.54) is 11.1 Å². The second-order valence-electron chi connectivity index (χ2n) is 7.87. The molecule has 1 saturated heterocycles. The van der Waals surface area contributed by atoms with Gasteiger partial charge in [0.25, 0.3) is 0 Å². The van der Waals surface area contributed by atoms with Crippen molar-refractivity contribution in [1.82, 2.24) is 14.9 Å². The Labute approximate surface area is 166 Å². The molecule has 0 radical (unpaired) electrons. The lowest BCUT2D eigenvalue weighted by Gasteiger charge is -2.35. The molecule has 28 heavy (non-hydrogen) atoms. The number of anilines is 1. The van der Waals surface area contributed by atoms with E-state index >= 15 is 0 Å². The number of benzene rings is 1. The summed E-state index contributed by atoms with van der Waals surface area (Å²) in [5.74, 6) is 1.08. The number of piperazine rings is 1. The molecule has 1 atom stereocenters. The molecule has 1 N–H and O–H groups in total. The van der Waals surface area contributed by atoms with Crippen molar-refractivity contribution in [1.29, 1.82) is 0 Å². The van der Waals surface area contributed by atoms with E-state index in [0.29, 0.717) is 13.0 Å². The average Bonchev–Trinajstić information content (AvgIpc) is 2.68. The lowest BCUT2D eigenvalue weighted by molar-refractivity contribution is 0.0962. The number of β-amino-alcohol motifs (C(OH)–C–C–N with tert-alkyl or cyclic N) is 1. The maximum Gasteiger partial charge on any atom is 0.225 e. The molecule has 1 fully saturated rings. The average molecular weight is 380 g/mol. The quantitative estimate of drug-likeness (QED) is 0.876. The maximum atomic E-state index is 12.9. The van der Waals surface area contributed by atoms with Gasteiger partial charge in [-0.25, -0.2) is 9.97 Å². The predicted octanol–water partition coefficient (Wildman–Crippen LogP) is 2.12. The fourth-order valence-electron chi connectivity index (χ4n) is 4.48. The summed E-state index contributed by atoms with van der Waals surface area (Å²) in [4.78, 5) is 26.9. The molecule has 0 amide bonds. The Kier molecular flexibility index (Phi) is 5.42. The summed E-state index contributed by atoms with van der Waals surface area (Å²) < 4.78 is 0. The van der Waals surface area contributed by atoms with E-state index in [9.17, 15) is 4.79 Å². The van der Waals surface area contributed by atoms with Crippen LogP contribution >= 0.6 is 0 Å². The van der Waals surface area contributed by atoms with Crippen LogP contribution in [0.5, 0.6) is 0 Å². The Morgan fingerprint density at radius 3 is 2.54 bits per heavy atom. The monoisotopic (exact) mass is 380 g/mol. The molecule has 4 rings (SSSR count). The van der Waals surface area contributed by atoms with Gasteiger partial charge >= 0.3 is 0 Å². The molecule has 0 bridgehead atoms. The molecule has 148 valence electrons. The second kappa shape index (κ2) is 7.97. The Bertz CT molecular complexity index is 875. The summed E-state index contributed by atoms with van der Waals surface area (Å²) >= 11 is 0. The zero-order valence-corrected chi connectivity index (χ0v) is 16.7. The molecule has 0 spiro atoms. The van der Waals surface area contributed by atoms with Crippen LogP contribution in [0.15, 0.2) is 24.3 Å². The third-order valence-electron chi connectivity index (χ3n) is 6.00. The van der Waals surface area contributed by atoms with Gasteiger partial charge in [0.1, 0.15) is 0 Å². The molecule has 6 nitrogen and oxygen atoms in total. The first-order chi connectivity index (χ1) is 13.6. The molecule has 0 saturated carbocycles. The number of aromatic nitrogens is 2. The van der Waals surface area contributed by atoms with Gasteiger partial charge in [0, 0.05) is 39.1 Å². The summed E-state index contributed by atoms with van der Waals surface area (Å²) in [5.41, 5.74) is 4.90. The number of carbonyl (C=O) groups excluding carboxylic acids is 1. The molecule has 0 unspecified atom stereocenters. The lowest BCUT2D eigenvalue weighted by Crippen LogP contribution is -2.48. The SMILES string of the molecule is Cc1ccccc1[C@@H]1CC(=O)c2c(C)nc(N3CCN(CCO)CC3)nc2C1. The highest BCUT2D eigenvalue weighted by atomic mass is 16.3. The Balaban J connectivity index is 1.60. The minimum absolute atomic E-state index is 0.159. The zero-order chi connectivity index (χ0) is 19.7. The number of fused-ring (bicyclic) bond motifs is 1. The number of carbonyl (C=O) groups is 1. The maximum absolute atomic E-state index is 12.9. The Morgan fingerprint density at radius 1 is 1.07 bits per heavy atom. The third-order valence-corrected chi connectivity index (χ3v) is 6.00. The first-order valence-electron chi connectivity index (χ1n) is 10.1. The Morgan fingerprint density at radius 2 is 1.82 bits per heavy atom. The van der Waals surface area contributed by atoms with Crippen LogP contribution in [-0.2, 0) is 6.42 Å². The highest BCUT2D eigenvalue weighted by molar-refractivity contribution is 5.99. The molecule has 2 aliphatic rings. The largest absolute Gasteiger partial charge is 0.395 e. The van der Waals surface area contributed by atoms with E-state index in [2.05, 4.69) is 33.8 Å². The van der Waals surface area contributed by atoms with E-state index in [1.54, 1.807) is 0 Å². The fraction of sp³-hybridized carbons (Fsp3) is 0.500. The van der Waals surface area contributed by atoms with Crippen LogP contribution in [0.25, 0.3) is 0 Å². The summed E-state index contributed by atoms with van der Waals surface area (Å²) in [6, 6.07) is 8.33. The van der Waals surface area contributed by atoms with Crippen molar-refractivity contribution in [2.24, 2.45) is 0 Å². The number of hydrogen-bond donors (Lipinski definition) is 1. The first-order valence-corrected chi connectivity index (χ1v) is 10.1. The Hall–Kier alpha value is -2.31. The molecule has 2 aromatic rings. The van der Waals surface area contributed by atoms with Gasteiger partial charge in [0.15, 0.2) is 5.78 Å². The predicted molar refractivity (Wildman–Crippen MR) is 109 cm³/mol. The van der Waals surface area contributed by atoms with E-state index in [0.717, 1.165) is 55.5 Å². The number of ketones is 1. The van der Waals surface area contributed by atoms with Crippen LogP contribution in [0.1, 0.15) is 45.2 Å². The molecule has 1 aliphatic heterocycles. The van der Waals surface area contributed by atoms with Crippen LogP contribution in [0.2, 0.25) is 0 Å². The van der Waals surface area contributed by atoms with Crippen molar-refractivity contribution >= 4 is 11.7 Å². The second-order valence-corrected chi connectivity index (χ2v) is 7.87. The minimum atomic E-state index is 0.159. The summed E-state index contributed by atoms with van der Waals surface area (Å²) in [7, 11) is 0. The molecule has 2 heterocycles. The minimum Gasteiger partial charge on any atom is -0.395 e. The lowest BCUT2D eigenvalue weighted by atomic mass is 9.80. The number of hydrogen-bond acceptors (Lipinski definition) is 6. The molecule has 1 aromatic heterocycles. The van der Waals surface area contributed by atoms with Crippen LogP contribution in [-0.4, -0.2) is 65.1 Å². The van der Waals surface area contributed by atoms with Crippen LogP contribution in [0.4, 0.5) is 5.95 Å². The van der Waals surface area contributed by atoms with E-state index in [1.807, 2.05) is 19.1 Å². The number of aliphatic hydroxyl groups excluding tert-OH is 1. The van der Waals surface area contributed by atoms with Crippen molar-refractivity contribution in [3.8, 4) is 0 Å². The molecular formula is C22H28N4O2. The smallest absolute Gasteiger partial charge is 0.225 e. The standard InChI is InChI=1S/C22H28N4O2/c1-15-5-3-4-6-18(15)17-13-19-21(20(28)14-17)16(2)23-22(24-19)26-9-7-25(8-10-26)11-12-27/h3-6,17,27H,7-14H2,1-2H3/t17-/m0/s1. The number of Topliss-reactive ketones (excluding diaryl/α,β-unsaturated/α-hetero) is 1. The molecule has 1 aliphatic carbocycles. The first kappa shape index (κ1) is 19.0. The van der Waals surface area contributed by atoms with Gasteiger partial charge in [0.05, 0.1) is 23.6 Å². The number of aliphatic hydroxyl groups is 1. The highest BCUT2D eigenvalue weighted by Crippen LogP contribution is 2.35.